The van der Waals surface area contributed by atoms with Gasteiger partial charge in [-0.3, -0.25) is 4.79 Å². The van der Waals surface area contributed by atoms with Crippen LogP contribution >= 0.6 is 15.9 Å². The number of benzene rings is 1. The monoisotopic (exact) mass is 351 g/mol. The van der Waals surface area contributed by atoms with Gasteiger partial charge in [-0.05, 0) is 55.5 Å². The van der Waals surface area contributed by atoms with E-state index in [0.717, 1.165) is 35.8 Å². The van der Waals surface area contributed by atoms with E-state index in [-0.39, 0.29) is 23.3 Å². The molecule has 1 aromatic rings. The number of allylic oxidation sites excluding steroid dienone is 1. The molecule has 1 aliphatic carbocycles. The Morgan fingerprint density at radius 2 is 2.00 bits per heavy atom. The first-order valence-electron chi connectivity index (χ1n) is 7.21. The fourth-order valence-electron chi connectivity index (χ4n) is 3.33. The lowest BCUT2D eigenvalue weighted by atomic mass is 9.76. The number of carbonyl (C=O) groups excluding carboxylic acids is 1. The maximum atomic E-state index is 11.6. The molecule has 1 heterocycles. The average molecular weight is 352 g/mol. The predicted molar refractivity (Wildman–Crippen MR) is 83.4 cm³/mol. The van der Waals surface area contributed by atoms with Gasteiger partial charge in [-0.25, -0.2) is 0 Å². The number of phenols is 2. The molecule has 0 saturated carbocycles. The average Bonchev–Trinajstić information content (AvgIpc) is 2.44. The van der Waals surface area contributed by atoms with Crippen LogP contribution in [0.25, 0.3) is 0 Å². The molecule has 2 aliphatic rings. The molecule has 0 spiro atoms. The first kappa shape index (κ1) is 14.6. The number of halogens is 1. The van der Waals surface area contributed by atoms with Crippen LogP contribution in [0.1, 0.15) is 24.8 Å². The fraction of sp³-hybridized carbons (Fsp3) is 0.438. The quantitative estimate of drug-likeness (QED) is 0.716. The van der Waals surface area contributed by atoms with Crippen molar-refractivity contribution in [1.29, 1.82) is 0 Å². The molecule has 3 rings (SSSR count). The third-order valence-electron chi connectivity index (χ3n) is 4.41. The molecule has 2 unspecified atom stereocenters. The summed E-state index contributed by atoms with van der Waals surface area (Å²) in [4.78, 5) is 11.6. The van der Waals surface area contributed by atoms with E-state index < -0.39 is 0 Å². The summed E-state index contributed by atoms with van der Waals surface area (Å²) in [6.07, 6.45) is 5.03. The molecule has 4 nitrogen and oxygen atoms in total. The normalized spacial score (nSPS) is 25.4. The lowest BCUT2D eigenvalue weighted by Crippen LogP contribution is -2.45. The number of hydrogen-bond donors (Lipinski definition) is 3. The van der Waals surface area contributed by atoms with Crippen LogP contribution in [0.4, 0.5) is 0 Å². The first-order chi connectivity index (χ1) is 10.0. The number of rotatable bonds is 2. The van der Waals surface area contributed by atoms with E-state index in [1.54, 1.807) is 6.07 Å². The van der Waals surface area contributed by atoms with E-state index in [9.17, 15) is 15.0 Å². The number of carbonyl (C=O) groups is 1. The Morgan fingerprint density at radius 1 is 1.24 bits per heavy atom. The van der Waals surface area contributed by atoms with Gasteiger partial charge in [0.1, 0.15) is 0 Å². The van der Waals surface area contributed by atoms with Crippen LogP contribution in [-0.2, 0) is 11.2 Å². The maximum absolute atomic E-state index is 11.6. The highest BCUT2D eigenvalue weighted by atomic mass is 79.9. The highest BCUT2D eigenvalue weighted by molar-refractivity contribution is 9.10. The lowest BCUT2D eigenvalue weighted by molar-refractivity contribution is -0.115. The molecule has 112 valence electrons. The van der Waals surface area contributed by atoms with Crippen molar-refractivity contribution in [3.05, 3.63) is 33.8 Å². The molecule has 1 aromatic carbocycles. The molecule has 5 heteroatoms. The zero-order chi connectivity index (χ0) is 15.0. The first-order valence-corrected chi connectivity index (χ1v) is 8.01. The van der Waals surface area contributed by atoms with Gasteiger partial charge in [0.05, 0.1) is 0 Å². The number of fused-ring (bicyclic) bond motifs is 1. The zero-order valence-corrected chi connectivity index (χ0v) is 13.2. The predicted octanol–water partition coefficient (Wildman–Crippen LogP) is 2.67. The van der Waals surface area contributed by atoms with Gasteiger partial charge in [0.15, 0.2) is 17.3 Å². The van der Waals surface area contributed by atoms with Crippen LogP contribution in [0.5, 0.6) is 11.5 Å². The number of hydrogen-bond acceptors (Lipinski definition) is 4. The fourth-order valence-corrected chi connectivity index (χ4v) is 3.83. The van der Waals surface area contributed by atoms with E-state index in [1.807, 2.05) is 6.08 Å². The number of aromatic hydroxyl groups is 2. The molecule has 0 bridgehead atoms. The van der Waals surface area contributed by atoms with E-state index in [1.165, 1.54) is 11.6 Å². The second-order valence-electron chi connectivity index (χ2n) is 5.78. The van der Waals surface area contributed by atoms with Crippen LogP contribution in [0.2, 0.25) is 0 Å². The van der Waals surface area contributed by atoms with Gasteiger partial charge in [0.2, 0.25) is 0 Å². The summed E-state index contributed by atoms with van der Waals surface area (Å²) in [5.74, 6) is 0.411. The van der Waals surface area contributed by atoms with Gasteiger partial charge < -0.3 is 15.5 Å². The summed E-state index contributed by atoms with van der Waals surface area (Å²) in [7, 11) is 0. The van der Waals surface area contributed by atoms with Gasteiger partial charge in [0, 0.05) is 16.9 Å². The van der Waals surface area contributed by atoms with Crippen LogP contribution in [0, 0.1) is 5.92 Å². The van der Waals surface area contributed by atoms with Crippen molar-refractivity contribution in [3.63, 3.8) is 0 Å². The van der Waals surface area contributed by atoms with Crippen molar-refractivity contribution in [3.8, 4) is 11.5 Å². The second-order valence-corrected chi connectivity index (χ2v) is 6.63. The molecular formula is C16H18BrNO3. The highest BCUT2D eigenvalue weighted by Gasteiger charge is 2.32. The minimum Gasteiger partial charge on any atom is -0.504 e. The molecule has 1 saturated heterocycles. The molecule has 2 atom stereocenters. The largest absolute Gasteiger partial charge is 0.504 e. The van der Waals surface area contributed by atoms with E-state index in [0.29, 0.717) is 12.3 Å². The third kappa shape index (κ3) is 2.99. The van der Waals surface area contributed by atoms with Crippen LogP contribution in [-0.4, -0.2) is 28.6 Å². The molecule has 21 heavy (non-hydrogen) atoms. The van der Waals surface area contributed by atoms with Crippen molar-refractivity contribution < 1.29 is 15.0 Å². The summed E-state index contributed by atoms with van der Waals surface area (Å²) >= 11 is 3.44. The SMILES string of the molecule is O=C1C=C2CCNC(Cc3cc(O)c(O)cc3Br)C2CC1. The Morgan fingerprint density at radius 3 is 2.81 bits per heavy atom. The highest BCUT2D eigenvalue weighted by Crippen LogP contribution is 2.36. The minimum absolute atomic E-state index is 0.0985. The third-order valence-corrected chi connectivity index (χ3v) is 5.15. The molecule has 0 aromatic heterocycles. The number of phenolic OH excluding ortho intramolecular Hbond substituents is 2. The van der Waals surface area contributed by atoms with Gasteiger partial charge in [-0.2, -0.15) is 0 Å². The van der Waals surface area contributed by atoms with E-state index >= 15 is 0 Å². The summed E-state index contributed by atoms with van der Waals surface area (Å²) in [5, 5.41) is 22.7. The van der Waals surface area contributed by atoms with Crippen molar-refractivity contribution >= 4 is 21.7 Å². The summed E-state index contributed by atoms with van der Waals surface area (Å²) in [6.45, 7) is 0.877. The lowest BCUT2D eigenvalue weighted by Gasteiger charge is -2.37. The number of piperidine rings is 1. The molecule has 1 fully saturated rings. The van der Waals surface area contributed by atoms with Crippen LogP contribution < -0.4 is 5.32 Å². The molecule has 1 aliphatic heterocycles. The van der Waals surface area contributed by atoms with Crippen molar-refractivity contribution in [2.45, 2.75) is 31.7 Å². The molecule has 0 radical (unpaired) electrons. The van der Waals surface area contributed by atoms with Crippen LogP contribution in [0.15, 0.2) is 28.3 Å². The summed E-state index contributed by atoms with van der Waals surface area (Å²) in [6, 6.07) is 3.39. The van der Waals surface area contributed by atoms with Gasteiger partial charge in [-0.15, -0.1) is 0 Å². The number of ketones is 1. The standard InChI is InChI=1S/C16H18BrNO3/c17-13-8-16(21)15(20)7-10(13)6-14-12-2-1-11(19)5-9(12)3-4-18-14/h5,7-8,12,14,18,20-21H,1-4,6H2. The van der Waals surface area contributed by atoms with Gasteiger partial charge >= 0.3 is 0 Å². The maximum Gasteiger partial charge on any atom is 0.158 e. The van der Waals surface area contributed by atoms with E-state index in [4.69, 9.17) is 0 Å². The smallest absolute Gasteiger partial charge is 0.158 e. The van der Waals surface area contributed by atoms with Crippen molar-refractivity contribution in [2.75, 3.05) is 6.54 Å². The van der Waals surface area contributed by atoms with Crippen LogP contribution in [0.3, 0.4) is 0 Å². The summed E-state index contributed by atoms with van der Waals surface area (Å²) in [5.41, 5.74) is 2.22. The Balaban J connectivity index is 1.83. The Bertz CT molecular complexity index is 612. The second kappa shape index (κ2) is 5.81. The topological polar surface area (TPSA) is 69.6 Å². The van der Waals surface area contributed by atoms with Crippen molar-refractivity contribution in [2.24, 2.45) is 5.92 Å². The number of nitrogens with one attached hydrogen (secondary N) is 1. The Hall–Kier alpha value is -1.33. The van der Waals surface area contributed by atoms with Gasteiger partial charge in [-0.1, -0.05) is 21.5 Å². The molecule has 0 amide bonds. The van der Waals surface area contributed by atoms with Crippen molar-refractivity contribution in [1.82, 2.24) is 5.32 Å². The molecular weight excluding hydrogens is 334 g/mol. The minimum atomic E-state index is -0.119. The summed E-state index contributed by atoms with van der Waals surface area (Å²) < 4.78 is 0.794. The Labute approximate surface area is 132 Å². The molecule has 3 N–H and O–H groups in total. The van der Waals surface area contributed by atoms with Gasteiger partial charge in [0.25, 0.3) is 0 Å². The Kier molecular flexibility index (Phi) is 4.04. The van der Waals surface area contributed by atoms with E-state index in [2.05, 4.69) is 21.2 Å². The zero-order valence-electron chi connectivity index (χ0n) is 11.6.